The molecule has 2 atom stereocenters. The number of hydrogen-bond acceptors (Lipinski definition) is 2. The molecule has 2 nitrogen and oxygen atoms in total. The van der Waals surface area contributed by atoms with Crippen molar-refractivity contribution in [3.63, 3.8) is 0 Å². The highest BCUT2D eigenvalue weighted by atomic mass is 16.5. The van der Waals surface area contributed by atoms with Crippen molar-refractivity contribution in [2.24, 2.45) is 5.92 Å². The molecule has 1 aliphatic heterocycles. The van der Waals surface area contributed by atoms with E-state index in [-0.39, 0.29) is 18.0 Å². The first-order valence-corrected chi connectivity index (χ1v) is 3.95. The van der Waals surface area contributed by atoms with Gasteiger partial charge in [-0.2, -0.15) is 0 Å². The molecule has 1 fully saturated rings. The summed E-state index contributed by atoms with van der Waals surface area (Å²) in [5.41, 5.74) is 1.21. The molecule has 2 unspecified atom stereocenters. The molecular formula is C9H14O2. The molecule has 0 aromatic rings. The number of hydrogen-bond donors (Lipinski definition) is 0. The van der Waals surface area contributed by atoms with Crippen molar-refractivity contribution in [3.05, 3.63) is 11.6 Å². The summed E-state index contributed by atoms with van der Waals surface area (Å²) in [6.07, 6.45) is 2.87. The van der Waals surface area contributed by atoms with Gasteiger partial charge >= 0.3 is 5.97 Å². The van der Waals surface area contributed by atoms with Gasteiger partial charge in [0.1, 0.15) is 6.10 Å². The lowest BCUT2D eigenvalue weighted by Gasteiger charge is -2.01. The van der Waals surface area contributed by atoms with Gasteiger partial charge < -0.3 is 4.74 Å². The predicted molar refractivity (Wildman–Crippen MR) is 43.1 cm³/mol. The quantitative estimate of drug-likeness (QED) is 0.426. The molecule has 0 spiro atoms. The fourth-order valence-electron chi connectivity index (χ4n) is 1.23. The Labute approximate surface area is 67.2 Å². The van der Waals surface area contributed by atoms with E-state index in [1.165, 1.54) is 5.57 Å². The minimum Gasteiger partial charge on any atom is -0.458 e. The Kier molecular flexibility index (Phi) is 2.32. The fourth-order valence-corrected chi connectivity index (χ4v) is 1.23. The third-order valence-electron chi connectivity index (χ3n) is 1.77. The first kappa shape index (κ1) is 8.31. The third-order valence-corrected chi connectivity index (χ3v) is 1.77. The summed E-state index contributed by atoms with van der Waals surface area (Å²) < 4.78 is 5.07. The molecule has 0 radical (unpaired) electrons. The van der Waals surface area contributed by atoms with E-state index in [0.717, 1.165) is 6.42 Å². The number of carbonyl (C=O) groups excluding carboxylic acids is 1. The van der Waals surface area contributed by atoms with Crippen LogP contribution in [0.25, 0.3) is 0 Å². The third kappa shape index (κ3) is 2.07. The Morgan fingerprint density at radius 2 is 2.27 bits per heavy atom. The lowest BCUT2D eigenvalue weighted by Crippen LogP contribution is -2.03. The van der Waals surface area contributed by atoms with Gasteiger partial charge in [0.15, 0.2) is 0 Å². The second-order valence-electron chi connectivity index (χ2n) is 3.36. The molecule has 0 saturated carbocycles. The standard InChI is InChI=1S/C9H14O2/c1-6(2)4-8-5-7(3)9(10)11-8/h4,7-8H,5H2,1-3H3. The maximum atomic E-state index is 10.9. The molecule has 0 aromatic heterocycles. The van der Waals surface area contributed by atoms with E-state index >= 15 is 0 Å². The summed E-state index contributed by atoms with van der Waals surface area (Å²) in [6, 6.07) is 0. The summed E-state index contributed by atoms with van der Waals surface area (Å²) in [6.45, 7) is 5.93. The van der Waals surface area contributed by atoms with Crippen LogP contribution in [0.2, 0.25) is 0 Å². The normalized spacial score (nSPS) is 29.9. The van der Waals surface area contributed by atoms with Gasteiger partial charge in [-0.1, -0.05) is 12.5 Å². The van der Waals surface area contributed by atoms with E-state index in [1.54, 1.807) is 0 Å². The van der Waals surface area contributed by atoms with E-state index in [4.69, 9.17) is 4.74 Å². The molecule has 2 heteroatoms. The lowest BCUT2D eigenvalue weighted by molar-refractivity contribution is -0.142. The smallest absolute Gasteiger partial charge is 0.309 e. The Morgan fingerprint density at radius 3 is 2.64 bits per heavy atom. The molecule has 1 rings (SSSR count). The van der Waals surface area contributed by atoms with Crippen molar-refractivity contribution >= 4 is 5.97 Å². The van der Waals surface area contributed by atoms with Gasteiger partial charge in [-0.15, -0.1) is 0 Å². The van der Waals surface area contributed by atoms with Crippen LogP contribution in [-0.4, -0.2) is 12.1 Å². The SMILES string of the molecule is CC(C)=CC1CC(C)C(=O)O1. The van der Waals surface area contributed by atoms with Gasteiger partial charge in [0.2, 0.25) is 0 Å². The average Bonchev–Trinajstić information content (AvgIpc) is 2.10. The van der Waals surface area contributed by atoms with Crippen LogP contribution in [0.5, 0.6) is 0 Å². The number of ether oxygens (including phenoxy) is 1. The number of esters is 1. The number of rotatable bonds is 1. The molecule has 0 aromatic carbocycles. The van der Waals surface area contributed by atoms with Crippen LogP contribution in [0.1, 0.15) is 27.2 Å². The second kappa shape index (κ2) is 3.07. The predicted octanol–water partition coefficient (Wildman–Crippen LogP) is 1.90. The van der Waals surface area contributed by atoms with Crippen LogP contribution in [0, 0.1) is 5.92 Å². The lowest BCUT2D eigenvalue weighted by atomic mass is 10.1. The molecule has 0 aliphatic carbocycles. The van der Waals surface area contributed by atoms with Crippen LogP contribution < -0.4 is 0 Å². The van der Waals surface area contributed by atoms with E-state index in [9.17, 15) is 4.79 Å². The first-order valence-electron chi connectivity index (χ1n) is 3.95. The van der Waals surface area contributed by atoms with Crippen LogP contribution in [0.3, 0.4) is 0 Å². The zero-order valence-electron chi connectivity index (χ0n) is 7.26. The molecule has 0 amide bonds. The van der Waals surface area contributed by atoms with Gasteiger partial charge in [-0.05, 0) is 19.9 Å². The highest BCUT2D eigenvalue weighted by molar-refractivity contribution is 5.74. The van der Waals surface area contributed by atoms with Crippen molar-refractivity contribution in [1.29, 1.82) is 0 Å². The van der Waals surface area contributed by atoms with Gasteiger partial charge in [-0.25, -0.2) is 0 Å². The topological polar surface area (TPSA) is 26.3 Å². The first-order chi connectivity index (χ1) is 5.09. The van der Waals surface area contributed by atoms with Crippen LogP contribution in [0.15, 0.2) is 11.6 Å². The summed E-state index contributed by atoms with van der Waals surface area (Å²) in [5.74, 6) is 0.0168. The summed E-state index contributed by atoms with van der Waals surface area (Å²) >= 11 is 0. The molecular weight excluding hydrogens is 140 g/mol. The maximum Gasteiger partial charge on any atom is 0.309 e. The highest BCUT2D eigenvalue weighted by Gasteiger charge is 2.28. The number of allylic oxidation sites excluding steroid dienone is 1. The van der Waals surface area contributed by atoms with E-state index in [1.807, 2.05) is 26.8 Å². The van der Waals surface area contributed by atoms with Crippen molar-refractivity contribution in [2.75, 3.05) is 0 Å². The second-order valence-corrected chi connectivity index (χ2v) is 3.36. The largest absolute Gasteiger partial charge is 0.458 e. The highest BCUT2D eigenvalue weighted by Crippen LogP contribution is 2.21. The molecule has 1 saturated heterocycles. The average molecular weight is 154 g/mol. The van der Waals surface area contributed by atoms with E-state index in [2.05, 4.69) is 0 Å². The van der Waals surface area contributed by atoms with Crippen molar-refractivity contribution in [3.8, 4) is 0 Å². The van der Waals surface area contributed by atoms with Crippen LogP contribution in [0.4, 0.5) is 0 Å². The zero-order chi connectivity index (χ0) is 8.43. The Bertz CT molecular complexity index is 190. The zero-order valence-corrected chi connectivity index (χ0v) is 7.26. The van der Waals surface area contributed by atoms with Crippen LogP contribution in [-0.2, 0) is 9.53 Å². The van der Waals surface area contributed by atoms with Gasteiger partial charge in [0.05, 0.1) is 5.92 Å². The monoisotopic (exact) mass is 154 g/mol. The summed E-state index contributed by atoms with van der Waals surface area (Å²) in [7, 11) is 0. The summed E-state index contributed by atoms with van der Waals surface area (Å²) in [5, 5.41) is 0. The molecule has 1 aliphatic rings. The minimum absolute atomic E-state index is 0.0301. The maximum absolute atomic E-state index is 10.9. The Balaban J connectivity index is 2.54. The molecule has 0 N–H and O–H groups in total. The Hall–Kier alpha value is -0.790. The molecule has 62 valence electrons. The van der Waals surface area contributed by atoms with Crippen LogP contribution >= 0.6 is 0 Å². The van der Waals surface area contributed by atoms with Gasteiger partial charge in [0, 0.05) is 6.42 Å². The number of cyclic esters (lactones) is 1. The van der Waals surface area contributed by atoms with E-state index in [0.29, 0.717) is 0 Å². The summed E-state index contributed by atoms with van der Waals surface area (Å²) in [4.78, 5) is 10.9. The van der Waals surface area contributed by atoms with E-state index < -0.39 is 0 Å². The van der Waals surface area contributed by atoms with Gasteiger partial charge in [0.25, 0.3) is 0 Å². The molecule has 11 heavy (non-hydrogen) atoms. The van der Waals surface area contributed by atoms with Crippen molar-refractivity contribution < 1.29 is 9.53 Å². The minimum atomic E-state index is -0.0625. The van der Waals surface area contributed by atoms with Gasteiger partial charge in [-0.3, -0.25) is 4.79 Å². The molecule has 1 heterocycles. The number of carbonyl (C=O) groups is 1. The van der Waals surface area contributed by atoms with Crippen molar-refractivity contribution in [2.45, 2.75) is 33.3 Å². The molecule has 0 bridgehead atoms. The fraction of sp³-hybridized carbons (Fsp3) is 0.667. The Morgan fingerprint density at radius 1 is 1.64 bits per heavy atom. The van der Waals surface area contributed by atoms with Crippen molar-refractivity contribution in [1.82, 2.24) is 0 Å².